The van der Waals surface area contributed by atoms with E-state index in [1.165, 1.54) is 12.8 Å². The fraction of sp³-hybridized carbons (Fsp3) is 0.615. The van der Waals surface area contributed by atoms with Crippen molar-refractivity contribution in [2.75, 3.05) is 11.9 Å². The molecule has 0 radical (unpaired) electrons. The van der Waals surface area contributed by atoms with E-state index < -0.39 is 0 Å². The van der Waals surface area contributed by atoms with Crippen LogP contribution >= 0.6 is 0 Å². The molecule has 0 saturated heterocycles. The van der Waals surface area contributed by atoms with E-state index in [1.54, 1.807) is 6.20 Å². The first-order valence-corrected chi connectivity index (χ1v) is 6.01. The number of hydrogen-bond acceptors (Lipinski definition) is 3. The van der Waals surface area contributed by atoms with Gasteiger partial charge in [-0.15, -0.1) is 0 Å². The van der Waals surface area contributed by atoms with Crippen LogP contribution in [-0.2, 0) is 6.61 Å². The van der Waals surface area contributed by atoms with Gasteiger partial charge in [0.15, 0.2) is 0 Å². The van der Waals surface area contributed by atoms with Crippen molar-refractivity contribution in [1.82, 2.24) is 4.98 Å². The largest absolute Gasteiger partial charge is 0.392 e. The number of pyridine rings is 1. The molecule has 2 N–H and O–H groups in total. The lowest BCUT2D eigenvalue weighted by Crippen LogP contribution is -2.14. The maximum absolute atomic E-state index is 9.21. The maximum atomic E-state index is 9.21. The van der Waals surface area contributed by atoms with Gasteiger partial charge in [-0.05, 0) is 18.9 Å². The Balaban J connectivity index is 2.68. The van der Waals surface area contributed by atoms with Crippen molar-refractivity contribution < 1.29 is 5.11 Å². The molecular weight excluding hydrogens is 200 g/mol. The molecule has 0 amide bonds. The molecule has 0 aliphatic heterocycles. The van der Waals surface area contributed by atoms with Gasteiger partial charge >= 0.3 is 0 Å². The van der Waals surface area contributed by atoms with Crippen molar-refractivity contribution in [3.63, 3.8) is 0 Å². The predicted molar refractivity (Wildman–Crippen MR) is 67.5 cm³/mol. The zero-order valence-electron chi connectivity index (χ0n) is 10.5. The maximum Gasteiger partial charge on any atom is 0.0717 e. The number of rotatable bonds is 6. The molecule has 0 atom stereocenters. The molecule has 0 unspecified atom stereocenters. The second kappa shape index (κ2) is 6.48. The van der Waals surface area contributed by atoms with Crippen LogP contribution < -0.4 is 5.32 Å². The molecule has 1 rings (SSSR count). The van der Waals surface area contributed by atoms with Gasteiger partial charge in [0.05, 0.1) is 6.61 Å². The van der Waals surface area contributed by atoms with E-state index in [-0.39, 0.29) is 6.61 Å². The lowest BCUT2D eigenvalue weighted by atomic mass is 10.0. The van der Waals surface area contributed by atoms with Gasteiger partial charge in [0, 0.05) is 29.7 Å². The van der Waals surface area contributed by atoms with Crippen molar-refractivity contribution in [3.8, 4) is 0 Å². The highest BCUT2D eigenvalue weighted by Crippen LogP contribution is 2.17. The molecule has 16 heavy (non-hydrogen) atoms. The highest BCUT2D eigenvalue weighted by Gasteiger charge is 2.06. The van der Waals surface area contributed by atoms with Crippen molar-refractivity contribution in [2.24, 2.45) is 5.92 Å². The molecule has 3 heteroatoms. The van der Waals surface area contributed by atoms with Crippen molar-refractivity contribution in [3.05, 3.63) is 23.5 Å². The smallest absolute Gasteiger partial charge is 0.0717 e. The van der Waals surface area contributed by atoms with Crippen LogP contribution in [0.25, 0.3) is 0 Å². The molecule has 1 aromatic rings. The van der Waals surface area contributed by atoms with E-state index in [0.717, 1.165) is 23.5 Å². The van der Waals surface area contributed by atoms with E-state index in [2.05, 4.69) is 24.1 Å². The first-order chi connectivity index (χ1) is 7.71. The number of nitrogens with one attached hydrogen (secondary N) is 1. The quantitative estimate of drug-likeness (QED) is 0.778. The zero-order chi connectivity index (χ0) is 12.0. The van der Waals surface area contributed by atoms with Crippen LogP contribution in [-0.4, -0.2) is 16.6 Å². The molecule has 3 nitrogen and oxygen atoms in total. The molecule has 0 fully saturated rings. The number of nitrogens with zero attached hydrogens (tertiary/aromatic N) is 1. The van der Waals surface area contributed by atoms with Crippen LogP contribution in [0.1, 0.15) is 37.9 Å². The van der Waals surface area contributed by atoms with Gasteiger partial charge < -0.3 is 10.4 Å². The number of aliphatic hydroxyl groups is 1. The Morgan fingerprint density at radius 1 is 1.38 bits per heavy atom. The number of aryl methyl sites for hydroxylation is 1. The summed E-state index contributed by atoms with van der Waals surface area (Å²) < 4.78 is 0. The molecular formula is C13H22N2O. The number of aliphatic hydroxyl groups excluding tert-OH is 1. The fourth-order valence-corrected chi connectivity index (χ4v) is 1.71. The van der Waals surface area contributed by atoms with Crippen molar-refractivity contribution in [1.29, 1.82) is 0 Å². The van der Waals surface area contributed by atoms with E-state index in [4.69, 9.17) is 0 Å². The standard InChI is InChI=1S/C13H22N2O/c1-4-11(5-2)7-15-13-6-10(3)14-8-12(13)9-16/h6,8,11,16H,4-5,7,9H2,1-3H3,(H,14,15). The normalized spacial score (nSPS) is 10.8. The number of hydrogen-bond donors (Lipinski definition) is 2. The minimum atomic E-state index is 0.0402. The minimum absolute atomic E-state index is 0.0402. The summed E-state index contributed by atoms with van der Waals surface area (Å²) in [7, 11) is 0. The van der Waals surface area contributed by atoms with Crippen molar-refractivity contribution in [2.45, 2.75) is 40.2 Å². The SMILES string of the molecule is CCC(CC)CNc1cc(C)ncc1CO. The summed E-state index contributed by atoms with van der Waals surface area (Å²) in [5.41, 5.74) is 2.86. The Morgan fingerprint density at radius 2 is 2.06 bits per heavy atom. The van der Waals surface area contributed by atoms with Gasteiger partial charge in [0.2, 0.25) is 0 Å². The summed E-state index contributed by atoms with van der Waals surface area (Å²) in [4.78, 5) is 4.18. The molecule has 1 heterocycles. The first-order valence-electron chi connectivity index (χ1n) is 6.01. The van der Waals surface area contributed by atoms with Gasteiger partial charge in [0.1, 0.15) is 0 Å². The molecule has 0 bridgehead atoms. The van der Waals surface area contributed by atoms with E-state index in [0.29, 0.717) is 5.92 Å². The third-order valence-electron chi connectivity index (χ3n) is 3.03. The summed E-state index contributed by atoms with van der Waals surface area (Å²) in [6, 6.07) is 1.99. The minimum Gasteiger partial charge on any atom is -0.392 e. The molecule has 0 spiro atoms. The molecule has 0 aromatic carbocycles. The first kappa shape index (κ1) is 13.0. The monoisotopic (exact) mass is 222 g/mol. The van der Waals surface area contributed by atoms with Crippen LogP contribution in [0.5, 0.6) is 0 Å². The second-order valence-electron chi connectivity index (χ2n) is 4.20. The molecule has 1 aromatic heterocycles. The van der Waals surface area contributed by atoms with Gasteiger partial charge in [-0.3, -0.25) is 4.98 Å². The lowest BCUT2D eigenvalue weighted by molar-refractivity contribution is 0.282. The van der Waals surface area contributed by atoms with Gasteiger partial charge in [-0.2, -0.15) is 0 Å². The average molecular weight is 222 g/mol. The second-order valence-corrected chi connectivity index (χ2v) is 4.20. The lowest BCUT2D eigenvalue weighted by Gasteiger charge is -2.16. The summed E-state index contributed by atoms with van der Waals surface area (Å²) in [5, 5.41) is 12.6. The topological polar surface area (TPSA) is 45.2 Å². The van der Waals surface area contributed by atoms with Crippen LogP contribution in [0.4, 0.5) is 5.69 Å². The zero-order valence-corrected chi connectivity index (χ0v) is 10.5. The van der Waals surface area contributed by atoms with Crippen LogP contribution in [0.3, 0.4) is 0 Å². The van der Waals surface area contributed by atoms with Gasteiger partial charge in [-0.25, -0.2) is 0 Å². The summed E-state index contributed by atoms with van der Waals surface area (Å²) in [6.07, 6.45) is 4.11. The predicted octanol–water partition coefficient (Wildman–Crippen LogP) is 2.73. The highest BCUT2D eigenvalue weighted by atomic mass is 16.3. The Labute approximate surface area is 97.9 Å². The number of aromatic nitrogens is 1. The average Bonchev–Trinajstić information content (AvgIpc) is 2.30. The Hall–Kier alpha value is -1.09. The van der Waals surface area contributed by atoms with Gasteiger partial charge in [0.25, 0.3) is 0 Å². The highest BCUT2D eigenvalue weighted by molar-refractivity contribution is 5.50. The molecule has 0 aliphatic rings. The Morgan fingerprint density at radius 3 is 2.62 bits per heavy atom. The van der Waals surface area contributed by atoms with Gasteiger partial charge in [-0.1, -0.05) is 26.7 Å². The summed E-state index contributed by atoms with van der Waals surface area (Å²) in [6.45, 7) is 7.38. The molecule has 0 aliphatic carbocycles. The fourth-order valence-electron chi connectivity index (χ4n) is 1.71. The van der Waals surface area contributed by atoms with Crippen LogP contribution in [0.15, 0.2) is 12.3 Å². The third-order valence-corrected chi connectivity index (χ3v) is 3.03. The van der Waals surface area contributed by atoms with E-state index in [1.807, 2.05) is 13.0 Å². The van der Waals surface area contributed by atoms with E-state index >= 15 is 0 Å². The molecule has 0 saturated carbocycles. The number of anilines is 1. The van der Waals surface area contributed by atoms with Crippen LogP contribution in [0.2, 0.25) is 0 Å². The Bertz CT molecular complexity index is 322. The summed E-state index contributed by atoms with van der Waals surface area (Å²) >= 11 is 0. The van der Waals surface area contributed by atoms with Crippen molar-refractivity contribution >= 4 is 5.69 Å². The van der Waals surface area contributed by atoms with Crippen LogP contribution in [0, 0.1) is 12.8 Å². The molecule has 90 valence electrons. The Kier molecular flexibility index (Phi) is 5.26. The summed E-state index contributed by atoms with van der Waals surface area (Å²) in [5.74, 6) is 0.694. The van der Waals surface area contributed by atoms with E-state index in [9.17, 15) is 5.11 Å². The third kappa shape index (κ3) is 3.49.